The van der Waals surface area contributed by atoms with Gasteiger partial charge in [-0.25, -0.2) is 0 Å². The SMILES string of the molecule is CO[C@H](C)C[C@@H](C=O)/C=C1/C[C@@H]([N+](=O)[O-])CC[C@H]1[C@@H](C)C(=O)N(c1ccccc1)c1ccccc1. The fourth-order valence-corrected chi connectivity index (χ4v) is 4.88. The van der Waals surface area contributed by atoms with E-state index in [9.17, 15) is 19.7 Å². The van der Waals surface area contributed by atoms with Crippen molar-refractivity contribution in [3.8, 4) is 0 Å². The third-order valence-corrected chi connectivity index (χ3v) is 6.91. The molecule has 7 nitrogen and oxygen atoms in total. The molecule has 1 aliphatic carbocycles. The van der Waals surface area contributed by atoms with Crippen LogP contribution in [0.2, 0.25) is 0 Å². The Morgan fingerprint density at radius 3 is 2.14 bits per heavy atom. The Morgan fingerprint density at radius 1 is 1.09 bits per heavy atom. The first kappa shape index (κ1) is 26.3. The largest absolute Gasteiger partial charge is 0.382 e. The summed E-state index contributed by atoms with van der Waals surface area (Å²) in [4.78, 5) is 38.8. The highest BCUT2D eigenvalue weighted by atomic mass is 16.6. The number of benzene rings is 2. The maximum atomic E-state index is 14.0. The molecule has 5 atom stereocenters. The van der Waals surface area contributed by atoms with Crippen molar-refractivity contribution in [2.75, 3.05) is 12.0 Å². The first-order chi connectivity index (χ1) is 16.8. The molecular formula is C28H34N2O5. The van der Waals surface area contributed by atoms with E-state index in [4.69, 9.17) is 4.74 Å². The van der Waals surface area contributed by atoms with Gasteiger partial charge in [-0.15, -0.1) is 0 Å². The quantitative estimate of drug-likeness (QED) is 0.192. The number of allylic oxidation sites excluding steroid dienone is 1. The van der Waals surface area contributed by atoms with Gasteiger partial charge in [0.15, 0.2) is 0 Å². The minimum atomic E-state index is -0.702. The maximum Gasteiger partial charge on any atom is 0.234 e. The molecule has 1 fully saturated rings. The van der Waals surface area contributed by atoms with Gasteiger partial charge < -0.3 is 9.53 Å². The van der Waals surface area contributed by atoms with Gasteiger partial charge in [-0.1, -0.05) is 55.0 Å². The van der Waals surface area contributed by atoms with Crippen LogP contribution >= 0.6 is 0 Å². The van der Waals surface area contributed by atoms with E-state index in [-0.39, 0.29) is 29.3 Å². The molecule has 0 aromatic heterocycles. The number of methoxy groups -OCH3 is 1. The van der Waals surface area contributed by atoms with E-state index in [2.05, 4.69) is 0 Å². The van der Waals surface area contributed by atoms with Crippen molar-refractivity contribution in [1.29, 1.82) is 0 Å². The number of hydrogen-bond acceptors (Lipinski definition) is 5. The van der Waals surface area contributed by atoms with Gasteiger partial charge in [0, 0.05) is 48.1 Å². The lowest BCUT2D eigenvalue weighted by Gasteiger charge is -2.35. The van der Waals surface area contributed by atoms with Crippen LogP contribution in [0, 0.1) is 27.9 Å². The Labute approximate surface area is 206 Å². The molecule has 7 heteroatoms. The topological polar surface area (TPSA) is 89.7 Å². The van der Waals surface area contributed by atoms with Gasteiger partial charge in [0.25, 0.3) is 0 Å². The molecule has 35 heavy (non-hydrogen) atoms. The van der Waals surface area contributed by atoms with Gasteiger partial charge in [0.05, 0.1) is 6.10 Å². The molecule has 0 heterocycles. The highest BCUT2D eigenvalue weighted by Gasteiger charge is 2.39. The minimum Gasteiger partial charge on any atom is -0.382 e. The smallest absolute Gasteiger partial charge is 0.234 e. The lowest BCUT2D eigenvalue weighted by Crippen LogP contribution is -2.39. The van der Waals surface area contributed by atoms with Crippen molar-refractivity contribution in [3.05, 3.63) is 82.4 Å². The van der Waals surface area contributed by atoms with Crippen molar-refractivity contribution in [3.63, 3.8) is 0 Å². The van der Waals surface area contributed by atoms with E-state index in [0.29, 0.717) is 19.3 Å². The molecule has 0 saturated heterocycles. The summed E-state index contributed by atoms with van der Waals surface area (Å²) in [6.45, 7) is 3.77. The second kappa shape index (κ2) is 12.4. The van der Waals surface area contributed by atoms with Crippen LogP contribution in [-0.4, -0.2) is 36.4 Å². The average Bonchev–Trinajstić information content (AvgIpc) is 2.89. The number of carbonyl (C=O) groups excluding carboxylic acids is 2. The number of amides is 1. The number of rotatable bonds is 10. The van der Waals surface area contributed by atoms with Crippen LogP contribution in [0.5, 0.6) is 0 Å². The van der Waals surface area contributed by atoms with Gasteiger partial charge >= 0.3 is 0 Å². The van der Waals surface area contributed by atoms with E-state index in [1.165, 1.54) is 0 Å². The van der Waals surface area contributed by atoms with Crippen LogP contribution in [0.15, 0.2) is 72.3 Å². The number of anilines is 2. The predicted octanol–water partition coefficient (Wildman–Crippen LogP) is 5.60. The molecule has 0 bridgehead atoms. The number of carbonyl (C=O) groups is 2. The molecule has 1 saturated carbocycles. The summed E-state index contributed by atoms with van der Waals surface area (Å²) in [5.74, 6) is -1.11. The van der Waals surface area contributed by atoms with Crippen molar-refractivity contribution in [2.45, 2.75) is 51.7 Å². The molecule has 0 N–H and O–H groups in total. The van der Waals surface area contributed by atoms with Crippen LogP contribution in [0.1, 0.15) is 39.5 Å². The van der Waals surface area contributed by atoms with Gasteiger partial charge in [0.1, 0.15) is 6.29 Å². The van der Waals surface area contributed by atoms with Crippen molar-refractivity contribution < 1.29 is 19.2 Å². The van der Waals surface area contributed by atoms with Gasteiger partial charge in [0.2, 0.25) is 11.9 Å². The fourth-order valence-electron chi connectivity index (χ4n) is 4.88. The molecular weight excluding hydrogens is 444 g/mol. The fraction of sp³-hybridized carbons (Fsp3) is 0.429. The molecule has 1 aliphatic rings. The molecule has 1 amide bonds. The molecule has 0 unspecified atom stereocenters. The summed E-state index contributed by atoms with van der Waals surface area (Å²) in [7, 11) is 1.59. The first-order valence-electron chi connectivity index (χ1n) is 12.1. The number of aldehydes is 1. The van der Waals surface area contributed by atoms with E-state index in [1.807, 2.05) is 80.6 Å². The number of nitrogens with zero attached hydrogens (tertiary/aromatic N) is 2. The van der Waals surface area contributed by atoms with Gasteiger partial charge in [-0.05, 0) is 49.9 Å². The number of ether oxygens (including phenoxy) is 1. The number of para-hydroxylation sites is 2. The van der Waals surface area contributed by atoms with Crippen LogP contribution in [0.3, 0.4) is 0 Å². The van der Waals surface area contributed by atoms with E-state index in [1.54, 1.807) is 12.0 Å². The molecule has 2 aromatic carbocycles. The number of nitro groups is 1. The standard InChI is InChI=1S/C28H34N2O5/c1-20(35-3)16-22(19-31)17-23-18-26(30(33)34)14-15-27(23)21(2)28(32)29(24-10-6-4-7-11-24)25-12-8-5-9-13-25/h4-13,17,19-22,26-27H,14-16,18H2,1-3H3/b23-17-/t20-,21-,22-,26+,27+/m1/s1. The van der Waals surface area contributed by atoms with Crippen molar-refractivity contribution in [1.82, 2.24) is 0 Å². The Morgan fingerprint density at radius 2 is 1.66 bits per heavy atom. The van der Waals surface area contributed by atoms with Crippen LogP contribution < -0.4 is 4.90 Å². The van der Waals surface area contributed by atoms with Gasteiger partial charge in [-0.3, -0.25) is 19.8 Å². The zero-order valence-corrected chi connectivity index (χ0v) is 20.6. The zero-order valence-electron chi connectivity index (χ0n) is 20.6. The second-order valence-corrected chi connectivity index (χ2v) is 9.28. The lowest BCUT2D eigenvalue weighted by atomic mass is 9.73. The Bertz CT molecular complexity index is 985. The zero-order chi connectivity index (χ0) is 25.4. The Balaban J connectivity index is 1.95. The molecule has 186 valence electrons. The lowest BCUT2D eigenvalue weighted by molar-refractivity contribution is -0.524. The summed E-state index contributed by atoms with van der Waals surface area (Å²) in [5.41, 5.74) is 2.35. The summed E-state index contributed by atoms with van der Waals surface area (Å²) in [6, 6.07) is 18.3. The molecule has 0 spiro atoms. The summed E-state index contributed by atoms with van der Waals surface area (Å²) >= 11 is 0. The predicted molar refractivity (Wildman–Crippen MR) is 136 cm³/mol. The monoisotopic (exact) mass is 478 g/mol. The van der Waals surface area contributed by atoms with E-state index < -0.39 is 17.9 Å². The van der Waals surface area contributed by atoms with Crippen LogP contribution in [-0.2, 0) is 14.3 Å². The highest BCUT2D eigenvalue weighted by molar-refractivity contribution is 6.01. The third kappa shape index (κ3) is 6.63. The maximum absolute atomic E-state index is 14.0. The average molecular weight is 479 g/mol. The molecule has 2 aromatic rings. The van der Waals surface area contributed by atoms with Crippen molar-refractivity contribution >= 4 is 23.6 Å². The van der Waals surface area contributed by atoms with Crippen LogP contribution in [0.25, 0.3) is 0 Å². The number of hydrogen-bond donors (Lipinski definition) is 0. The molecule has 0 aliphatic heterocycles. The normalized spacial score (nSPS) is 21.6. The van der Waals surface area contributed by atoms with Crippen LogP contribution in [0.4, 0.5) is 11.4 Å². The third-order valence-electron chi connectivity index (χ3n) is 6.91. The molecule has 3 rings (SSSR count). The summed E-state index contributed by atoms with van der Waals surface area (Å²) in [6.07, 6.45) is 4.25. The summed E-state index contributed by atoms with van der Waals surface area (Å²) in [5, 5.41) is 11.6. The first-order valence-corrected chi connectivity index (χ1v) is 12.1. The Hall–Kier alpha value is -3.32. The summed E-state index contributed by atoms with van der Waals surface area (Å²) < 4.78 is 5.32. The Kier molecular flexibility index (Phi) is 9.32. The molecule has 0 radical (unpaired) electrons. The second-order valence-electron chi connectivity index (χ2n) is 9.28. The van der Waals surface area contributed by atoms with E-state index >= 15 is 0 Å². The van der Waals surface area contributed by atoms with Gasteiger partial charge in [-0.2, -0.15) is 0 Å². The van der Waals surface area contributed by atoms with E-state index in [0.717, 1.165) is 23.2 Å². The van der Waals surface area contributed by atoms with Crippen molar-refractivity contribution in [2.24, 2.45) is 17.8 Å². The highest BCUT2D eigenvalue weighted by Crippen LogP contribution is 2.39. The minimum absolute atomic E-state index is 0.0780.